The number of benzene rings is 1. The number of carbonyl (C=O) groups is 2. The van der Waals surface area contributed by atoms with Crippen LogP contribution in [0, 0.1) is 0 Å². The second-order valence-electron chi connectivity index (χ2n) is 8.38. The highest BCUT2D eigenvalue weighted by atomic mass is 16.6. The number of carboxylic acids is 1. The van der Waals surface area contributed by atoms with Gasteiger partial charge < -0.3 is 19.6 Å². The highest BCUT2D eigenvalue weighted by Crippen LogP contribution is 2.32. The summed E-state index contributed by atoms with van der Waals surface area (Å²) in [5.74, 6) is -0.577. The monoisotopic (exact) mass is 411 g/mol. The van der Waals surface area contributed by atoms with E-state index in [1.807, 2.05) is 62.9 Å². The van der Waals surface area contributed by atoms with E-state index in [-0.39, 0.29) is 17.7 Å². The maximum Gasteiger partial charge on any atom is 0.410 e. The molecule has 1 amide bonds. The lowest BCUT2D eigenvalue weighted by Gasteiger charge is -2.31. The smallest absolute Gasteiger partial charge is 0.410 e. The lowest BCUT2D eigenvalue weighted by Crippen LogP contribution is -2.44. The van der Waals surface area contributed by atoms with Crippen LogP contribution in [0.5, 0.6) is 0 Å². The molecule has 3 rings (SSSR count). The number of carbonyl (C=O) groups excluding carboxylic acids is 1. The van der Waals surface area contributed by atoms with Crippen LogP contribution >= 0.6 is 0 Å². The SMILES string of the molecule is CCN(C(=O)OC(C)(C)C)[C@@H]1CCN(c2nccc(-c3ccccc3)c2C(=O)O)C1. The van der Waals surface area contributed by atoms with Gasteiger partial charge in [-0.3, -0.25) is 0 Å². The average Bonchev–Trinajstić information content (AvgIpc) is 3.16. The first kappa shape index (κ1) is 21.6. The van der Waals surface area contributed by atoms with Crippen molar-refractivity contribution >= 4 is 17.9 Å². The van der Waals surface area contributed by atoms with Gasteiger partial charge in [-0.05, 0) is 45.7 Å². The molecule has 1 aliphatic rings. The fourth-order valence-electron chi connectivity index (χ4n) is 3.81. The first-order valence-electron chi connectivity index (χ1n) is 10.2. The summed E-state index contributed by atoms with van der Waals surface area (Å²) in [6.45, 7) is 9.11. The van der Waals surface area contributed by atoms with Gasteiger partial charge in [0.1, 0.15) is 17.0 Å². The summed E-state index contributed by atoms with van der Waals surface area (Å²) in [4.78, 5) is 32.8. The summed E-state index contributed by atoms with van der Waals surface area (Å²) >= 11 is 0. The van der Waals surface area contributed by atoms with Crippen LogP contribution in [0.1, 0.15) is 44.5 Å². The molecule has 1 aromatic heterocycles. The van der Waals surface area contributed by atoms with Gasteiger partial charge in [-0.25, -0.2) is 14.6 Å². The van der Waals surface area contributed by atoms with Crippen LogP contribution in [0.15, 0.2) is 42.6 Å². The molecular weight excluding hydrogens is 382 g/mol. The summed E-state index contributed by atoms with van der Waals surface area (Å²) in [6.07, 6.45) is 2.02. The topological polar surface area (TPSA) is 83.0 Å². The number of aromatic carboxylic acids is 1. The lowest BCUT2D eigenvalue weighted by molar-refractivity contribution is 0.0190. The fourth-order valence-corrected chi connectivity index (χ4v) is 3.81. The largest absolute Gasteiger partial charge is 0.478 e. The third-order valence-electron chi connectivity index (χ3n) is 5.10. The predicted molar refractivity (Wildman–Crippen MR) is 116 cm³/mol. The molecule has 1 N–H and O–H groups in total. The number of anilines is 1. The van der Waals surface area contributed by atoms with Gasteiger partial charge in [0.2, 0.25) is 0 Å². The molecule has 30 heavy (non-hydrogen) atoms. The first-order valence-corrected chi connectivity index (χ1v) is 10.2. The molecule has 1 atom stereocenters. The molecule has 1 aliphatic heterocycles. The molecule has 1 saturated heterocycles. The third-order valence-corrected chi connectivity index (χ3v) is 5.10. The van der Waals surface area contributed by atoms with Crippen molar-refractivity contribution in [2.24, 2.45) is 0 Å². The van der Waals surface area contributed by atoms with Crippen LogP contribution in [0.4, 0.5) is 10.6 Å². The number of amides is 1. The zero-order chi connectivity index (χ0) is 21.9. The molecule has 1 fully saturated rings. The Hall–Kier alpha value is -3.09. The number of pyridine rings is 1. The number of nitrogens with zero attached hydrogens (tertiary/aromatic N) is 3. The Labute approximate surface area is 177 Å². The summed E-state index contributed by atoms with van der Waals surface area (Å²) < 4.78 is 5.54. The van der Waals surface area contributed by atoms with Crippen LogP contribution in [0.25, 0.3) is 11.1 Å². The fraction of sp³-hybridized carbons (Fsp3) is 0.435. The summed E-state index contributed by atoms with van der Waals surface area (Å²) in [5, 5.41) is 9.95. The maximum atomic E-state index is 12.6. The number of aromatic nitrogens is 1. The van der Waals surface area contributed by atoms with Crippen molar-refractivity contribution in [2.45, 2.75) is 45.8 Å². The first-order chi connectivity index (χ1) is 14.2. The van der Waals surface area contributed by atoms with Gasteiger partial charge in [-0.2, -0.15) is 0 Å². The van der Waals surface area contributed by atoms with E-state index in [1.54, 1.807) is 17.2 Å². The number of rotatable bonds is 5. The van der Waals surface area contributed by atoms with E-state index in [0.717, 1.165) is 12.0 Å². The number of hydrogen-bond donors (Lipinski definition) is 1. The molecule has 0 saturated carbocycles. The molecule has 1 aromatic carbocycles. The molecule has 7 nitrogen and oxygen atoms in total. The van der Waals surface area contributed by atoms with Crippen molar-refractivity contribution in [3.8, 4) is 11.1 Å². The van der Waals surface area contributed by atoms with E-state index < -0.39 is 11.6 Å². The summed E-state index contributed by atoms with van der Waals surface area (Å²) in [7, 11) is 0. The van der Waals surface area contributed by atoms with E-state index in [9.17, 15) is 14.7 Å². The quantitative estimate of drug-likeness (QED) is 0.791. The Morgan fingerprint density at radius 1 is 1.23 bits per heavy atom. The van der Waals surface area contributed by atoms with E-state index in [4.69, 9.17) is 4.74 Å². The Morgan fingerprint density at radius 3 is 2.53 bits per heavy atom. The molecule has 0 spiro atoms. The number of carboxylic acid groups (broad SMARTS) is 1. The number of ether oxygens (including phenoxy) is 1. The normalized spacial score (nSPS) is 16.4. The van der Waals surface area contributed by atoms with Crippen molar-refractivity contribution in [1.29, 1.82) is 0 Å². The minimum atomic E-state index is -1.01. The predicted octanol–water partition coefficient (Wildman–Crippen LogP) is 4.28. The van der Waals surface area contributed by atoms with E-state index >= 15 is 0 Å². The molecule has 7 heteroatoms. The van der Waals surface area contributed by atoms with Gasteiger partial charge in [0, 0.05) is 31.4 Å². The Balaban J connectivity index is 1.87. The van der Waals surface area contributed by atoms with Crippen LogP contribution in [0.3, 0.4) is 0 Å². The van der Waals surface area contributed by atoms with Gasteiger partial charge in [0.05, 0.1) is 6.04 Å². The van der Waals surface area contributed by atoms with Gasteiger partial charge in [-0.1, -0.05) is 30.3 Å². The minimum Gasteiger partial charge on any atom is -0.478 e. The van der Waals surface area contributed by atoms with Crippen molar-refractivity contribution in [2.75, 3.05) is 24.5 Å². The Kier molecular flexibility index (Phi) is 6.29. The minimum absolute atomic E-state index is 0.0614. The molecule has 2 heterocycles. The summed E-state index contributed by atoms with van der Waals surface area (Å²) in [5.41, 5.74) is 1.09. The zero-order valence-corrected chi connectivity index (χ0v) is 18.0. The number of likely N-dealkylation sites (N-methyl/N-ethyl adjacent to an activating group) is 1. The van der Waals surface area contributed by atoms with Gasteiger partial charge in [0.25, 0.3) is 0 Å². The number of hydrogen-bond acceptors (Lipinski definition) is 5. The lowest BCUT2D eigenvalue weighted by atomic mass is 10.0. The van der Waals surface area contributed by atoms with Gasteiger partial charge >= 0.3 is 12.1 Å². The second kappa shape index (κ2) is 8.73. The van der Waals surface area contributed by atoms with Crippen molar-refractivity contribution in [3.05, 3.63) is 48.2 Å². The van der Waals surface area contributed by atoms with Crippen molar-refractivity contribution < 1.29 is 19.4 Å². The van der Waals surface area contributed by atoms with E-state index in [0.29, 0.717) is 31.0 Å². The Bertz CT molecular complexity index is 908. The molecule has 0 radical (unpaired) electrons. The molecule has 0 unspecified atom stereocenters. The highest BCUT2D eigenvalue weighted by Gasteiger charge is 2.34. The van der Waals surface area contributed by atoms with Gasteiger partial charge in [0.15, 0.2) is 0 Å². The van der Waals surface area contributed by atoms with E-state index in [1.165, 1.54) is 0 Å². The zero-order valence-electron chi connectivity index (χ0n) is 18.0. The standard InChI is InChI=1S/C23H29N3O4/c1-5-26(22(29)30-23(2,3)4)17-12-14-25(15-17)20-19(21(27)28)18(11-13-24-20)16-9-7-6-8-10-16/h6-11,13,17H,5,12,14-15H2,1-4H3,(H,27,28)/t17-/m1/s1. The molecular formula is C23H29N3O4. The maximum absolute atomic E-state index is 12.6. The van der Waals surface area contributed by atoms with Crippen molar-refractivity contribution in [1.82, 2.24) is 9.88 Å². The van der Waals surface area contributed by atoms with Crippen LogP contribution in [0.2, 0.25) is 0 Å². The highest BCUT2D eigenvalue weighted by molar-refractivity contribution is 6.01. The average molecular weight is 412 g/mol. The summed E-state index contributed by atoms with van der Waals surface area (Å²) in [6, 6.07) is 11.1. The van der Waals surface area contributed by atoms with Crippen molar-refractivity contribution in [3.63, 3.8) is 0 Å². The second-order valence-corrected chi connectivity index (χ2v) is 8.38. The Morgan fingerprint density at radius 2 is 1.93 bits per heavy atom. The van der Waals surface area contributed by atoms with Gasteiger partial charge in [-0.15, -0.1) is 0 Å². The molecule has 160 valence electrons. The van der Waals surface area contributed by atoms with Crippen LogP contribution < -0.4 is 4.90 Å². The molecule has 2 aromatic rings. The van der Waals surface area contributed by atoms with E-state index in [2.05, 4.69) is 4.98 Å². The molecule has 0 bridgehead atoms. The molecule has 0 aliphatic carbocycles. The van der Waals surface area contributed by atoms with Crippen LogP contribution in [-0.4, -0.2) is 58.3 Å². The third kappa shape index (κ3) is 4.72. The van der Waals surface area contributed by atoms with Crippen LogP contribution in [-0.2, 0) is 4.74 Å².